The topological polar surface area (TPSA) is 15.3 Å². The van der Waals surface area contributed by atoms with E-state index in [4.69, 9.17) is 0 Å². The van der Waals surface area contributed by atoms with E-state index in [1.807, 2.05) is 0 Å². The molecule has 0 amide bonds. The summed E-state index contributed by atoms with van der Waals surface area (Å²) in [4.78, 5) is 2.74. The van der Waals surface area contributed by atoms with Crippen molar-refractivity contribution in [2.45, 2.75) is 83.8 Å². The molecule has 2 saturated carbocycles. The molecule has 2 fully saturated rings. The summed E-state index contributed by atoms with van der Waals surface area (Å²) in [7, 11) is 4.54. The summed E-state index contributed by atoms with van der Waals surface area (Å²) in [6.07, 6.45) is 9.75. The van der Waals surface area contributed by atoms with Crippen molar-refractivity contribution in [1.29, 1.82) is 0 Å². The van der Waals surface area contributed by atoms with Crippen molar-refractivity contribution in [2.24, 2.45) is 11.3 Å². The number of hydrogen-bond donors (Lipinski definition) is 1. The zero-order valence-corrected chi connectivity index (χ0v) is 13.7. The highest BCUT2D eigenvalue weighted by molar-refractivity contribution is 4.96. The third-order valence-electron chi connectivity index (χ3n) is 5.84. The molecular formula is C17H34N2. The van der Waals surface area contributed by atoms with E-state index in [9.17, 15) is 0 Å². The Bertz CT molecular complexity index is 287. The minimum absolute atomic E-state index is 0.518. The van der Waals surface area contributed by atoms with Crippen LogP contribution in [0.2, 0.25) is 0 Å². The van der Waals surface area contributed by atoms with Crippen LogP contribution in [0.5, 0.6) is 0 Å². The number of hydrogen-bond acceptors (Lipinski definition) is 2. The molecule has 2 aliphatic carbocycles. The van der Waals surface area contributed by atoms with Crippen LogP contribution in [0.4, 0.5) is 0 Å². The molecule has 0 spiro atoms. The fourth-order valence-electron chi connectivity index (χ4n) is 4.46. The van der Waals surface area contributed by atoms with Gasteiger partial charge in [-0.1, -0.05) is 33.6 Å². The summed E-state index contributed by atoms with van der Waals surface area (Å²) in [5, 5.41) is 3.58. The van der Waals surface area contributed by atoms with Gasteiger partial charge in [0.15, 0.2) is 0 Å². The van der Waals surface area contributed by atoms with Gasteiger partial charge in [-0.15, -0.1) is 0 Å². The van der Waals surface area contributed by atoms with Gasteiger partial charge in [0.05, 0.1) is 0 Å². The van der Waals surface area contributed by atoms with Crippen molar-refractivity contribution in [1.82, 2.24) is 10.2 Å². The van der Waals surface area contributed by atoms with Crippen molar-refractivity contribution in [3.63, 3.8) is 0 Å². The van der Waals surface area contributed by atoms with Crippen molar-refractivity contribution in [3.8, 4) is 0 Å². The standard InChI is InChI=1S/C17H34N2/c1-13-8-6-7-9-15(13)19(5)16-12-17(2,3)11-10-14(16)18-4/h13-16,18H,6-12H2,1-5H3. The van der Waals surface area contributed by atoms with Crippen LogP contribution < -0.4 is 5.32 Å². The Morgan fingerprint density at radius 3 is 2.37 bits per heavy atom. The van der Waals surface area contributed by atoms with Crippen LogP contribution in [0.25, 0.3) is 0 Å². The first-order chi connectivity index (χ1) is 8.94. The lowest BCUT2D eigenvalue weighted by Gasteiger charge is -2.49. The lowest BCUT2D eigenvalue weighted by Crippen LogP contribution is -2.56. The molecule has 0 bridgehead atoms. The Morgan fingerprint density at radius 2 is 1.74 bits per heavy atom. The van der Waals surface area contributed by atoms with E-state index in [1.165, 1.54) is 44.9 Å². The summed E-state index contributed by atoms with van der Waals surface area (Å²) >= 11 is 0. The number of nitrogens with one attached hydrogen (secondary N) is 1. The predicted molar refractivity (Wildman–Crippen MR) is 83.5 cm³/mol. The van der Waals surface area contributed by atoms with Gasteiger partial charge < -0.3 is 5.32 Å². The molecule has 2 heteroatoms. The van der Waals surface area contributed by atoms with Crippen LogP contribution in [0, 0.1) is 11.3 Å². The second-order valence-corrected chi connectivity index (χ2v) is 7.86. The third kappa shape index (κ3) is 3.52. The SMILES string of the molecule is CNC1CCC(C)(C)CC1N(C)C1CCCCC1C. The predicted octanol–water partition coefficient (Wildman–Crippen LogP) is 3.66. The first-order valence-corrected chi connectivity index (χ1v) is 8.34. The fraction of sp³-hybridized carbons (Fsp3) is 1.00. The van der Waals surface area contributed by atoms with Gasteiger partial charge in [-0.2, -0.15) is 0 Å². The first-order valence-electron chi connectivity index (χ1n) is 8.34. The van der Waals surface area contributed by atoms with Crippen molar-refractivity contribution >= 4 is 0 Å². The van der Waals surface area contributed by atoms with Gasteiger partial charge in [-0.3, -0.25) is 4.90 Å². The van der Waals surface area contributed by atoms with E-state index in [1.54, 1.807) is 0 Å². The molecule has 2 rings (SSSR count). The van der Waals surface area contributed by atoms with Gasteiger partial charge in [-0.25, -0.2) is 0 Å². The number of nitrogens with zero attached hydrogens (tertiary/aromatic N) is 1. The molecule has 0 aromatic rings. The zero-order valence-electron chi connectivity index (χ0n) is 13.7. The van der Waals surface area contributed by atoms with E-state index in [0.717, 1.165) is 18.0 Å². The minimum Gasteiger partial charge on any atom is -0.315 e. The van der Waals surface area contributed by atoms with E-state index in [-0.39, 0.29) is 0 Å². The van der Waals surface area contributed by atoms with Crippen molar-refractivity contribution < 1.29 is 0 Å². The summed E-state index contributed by atoms with van der Waals surface area (Å²) in [5.74, 6) is 0.876. The van der Waals surface area contributed by atoms with Crippen LogP contribution in [0.3, 0.4) is 0 Å². The largest absolute Gasteiger partial charge is 0.315 e. The van der Waals surface area contributed by atoms with Crippen LogP contribution in [0.1, 0.15) is 65.7 Å². The van der Waals surface area contributed by atoms with Crippen molar-refractivity contribution in [3.05, 3.63) is 0 Å². The minimum atomic E-state index is 0.518. The van der Waals surface area contributed by atoms with Crippen LogP contribution >= 0.6 is 0 Å². The molecule has 2 nitrogen and oxygen atoms in total. The van der Waals surface area contributed by atoms with Gasteiger partial charge in [0.2, 0.25) is 0 Å². The molecule has 0 aromatic heterocycles. The average molecular weight is 266 g/mol. The maximum absolute atomic E-state index is 3.58. The highest BCUT2D eigenvalue weighted by atomic mass is 15.2. The highest BCUT2D eigenvalue weighted by Crippen LogP contribution is 2.39. The molecule has 0 radical (unpaired) electrons. The third-order valence-corrected chi connectivity index (χ3v) is 5.84. The maximum Gasteiger partial charge on any atom is 0.0254 e. The van der Waals surface area contributed by atoms with Gasteiger partial charge in [0.1, 0.15) is 0 Å². The average Bonchev–Trinajstić information content (AvgIpc) is 2.37. The molecule has 4 atom stereocenters. The summed E-state index contributed by atoms with van der Waals surface area (Å²) in [6.45, 7) is 7.36. The Morgan fingerprint density at radius 1 is 1.05 bits per heavy atom. The molecule has 0 aromatic carbocycles. The maximum atomic E-state index is 3.58. The molecule has 1 N–H and O–H groups in total. The van der Waals surface area contributed by atoms with Crippen LogP contribution in [-0.2, 0) is 0 Å². The van der Waals surface area contributed by atoms with Crippen LogP contribution in [-0.4, -0.2) is 37.1 Å². The monoisotopic (exact) mass is 266 g/mol. The fourth-order valence-corrected chi connectivity index (χ4v) is 4.46. The van der Waals surface area contributed by atoms with Crippen molar-refractivity contribution in [2.75, 3.05) is 14.1 Å². The van der Waals surface area contributed by atoms with E-state index < -0.39 is 0 Å². The molecule has 0 heterocycles. The lowest BCUT2D eigenvalue weighted by molar-refractivity contribution is 0.0268. The normalized spacial score (nSPS) is 39.5. The molecule has 0 saturated heterocycles. The van der Waals surface area contributed by atoms with E-state index >= 15 is 0 Å². The lowest BCUT2D eigenvalue weighted by atomic mass is 9.71. The van der Waals surface area contributed by atoms with Gasteiger partial charge in [0, 0.05) is 18.1 Å². The highest BCUT2D eigenvalue weighted by Gasteiger charge is 2.39. The van der Waals surface area contributed by atoms with E-state index in [2.05, 4.69) is 45.1 Å². The Kier molecular flexibility index (Phi) is 4.94. The molecule has 0 aliphatic heterocycles. The molecule has 19 heavy (non-hydrogen) atoms. The quantitative estimate of drug-likeness (QED) is 0.838. The summed E-state index contributed by atoms with van der Waals surface area (Å²) in [6, 6.07) is 2.22. The Balaban J connectivity index is 2.07. The summed E-state index contributed by atoms with van der Waals surface area (Å²) in [5.41, 5.74) is 0.518. The Hall–Kier alpha value is -0.0800. The smallest absolute Gasteiger partial charge is 0.0254 e. The summed E-state index contributed by atoms with van der Waals surface area (Å²) < 4.78 is 0. The van der Waals surface area contributed by atoms with Gasteiger partial charge >= 0.3 is 0 Å². The molecule has 4 unspecified atom stereocenters. The second kappa shape index (κ2) is 6.13. The first kappa shape index (κ1) is 15.3. The van der Waals surface area contributed by atoms with E-state index in [0.29, 0.717) is 11.5 Å². The van der Waals surface area contributed by atoms with Crippen LogP contribution in [0.15, 0.2) is 0 Å². The number of likely N-dealkylation sites (N-methyl/N-ethyl adjacent to an activating group) is 2. The molecule has 112 valence electrons. The van der Waals surface area contributed by atoms with Gasteiger partial charge in [-0.05, 0) is 57.5 Å². The van der Waals surface area contributed by atoms with Gasteiger partial charge in [0.25, 0.3) is 0 Å². The Labute approximate surface area is 120 Å². The second-order valence-electron chi connectivity index (χ2n) is 7.86. The molecule has 2 aliphatic rings. The molecular weight excluding hydrogens is 232 g/mol. The zero-order chi connectivity index (χ0) is 14.0. The number of rotatable bonds is 3.